The third kappa shape index (κ3) is 4.76. The van der Waals surface area contributed by atoms with E-state index in [0.717, 1.165) is 18.5 Å². The van der Waals surface area contributed by atoms with Crippen LogP contribution in [0.4, 0.5) is 0 Å². The lowest BCUT2D eigenvalue weighted by Gasteiger charge is -2.17. The van der Waals surface area contributed by atoms with Crippen molar-refractivity contribution < 1.29 is 13.2 Å². The zero-order valence-corrected chi connectivity index (χ0v) is 12.0. The lowest BCUT2D eigenvalue weighted by Crippen LogP contribution is -2.34. The van der Waals surface area contributed by atoms with E-state index in [1.807, 2.05) is 12.1 Å². The number of sulfone groups is 1. The summed E-state index contributed by atoms with van der Waals surface area (Å²) < 4.78 is 27.8. The number of nitrogens with one attached hydrogen (secondary N) is 1. The van der Waals surface area contributed by atoms with E-state index in [2.05, 4.69) is 12.2 Å². The first-order valence-electron chi connectivity index (χ1n) is 5.98. The first-order valence-corrected chi connectivity index (χ1v) is 7.87. The molecule has 1 atom stereocenters. The maximum absolute atomic E-state index is 11.3. The molecule has 0 aromatic heterocycles. The second-order valence-corrected chi connectivity index (χ2v) is 6.35. The Morgan fingerprint density at radius 2 is 1.89 bits per heavy atom. The van der Waals surface area contributed by atoms with Gasteiger partial charge in [0.25, 0.3) is 0 Å². The molecule has 0 heterocycles. The molecule has 102 valence electrons. The second kappa shape index (κ2) is 6.87. The van der Waals surface area contributed by atoms with E-state index < -0.39 is 9.84 Å². The fraction of sp³-hybridized carbons (Fsp3) is 0.538. The van der Waals surface area contributed by atoms with Crippen molar-refractivity contribution in [3.63, 3.8) is 0 Å². The van der Waals surface area contributed by atoms with Gasteiger partial charge in [0.2, 0.25) is 0 Å². The summed E-state index contributed by atoms with van der Waals surface area (Å²) >= 11 is 0. The number of rotatable bonds is 7. The fourth-order valence-corrected chi connectivity index (χ4v) is 2.47. The Bertz CT molecular complexity index is 448. The first kappa shape index (κ1) is 15.1. The third-order valence-corrected chi connectivity index (χ3v) is 3.82. The minimum absolute atomic E-state index is 0.254. The van der Waals surface area contributed by atoms with Crippen LogP contribution in [0.5, 0.6) is 0 Å². The van der Waals surface area contributed by atoms with Crippen LogP contribution in [0.25, 0.3) is 0 Å². The summed E-state index contributed by atoms with van der Waals surface area (Å²) in [4.78, 5) is 0.359. The highest BCUT2D eigenvalue weighted by Gasteiger charge is 2.10. The molecule has 0 amide bonds. The van der Waals surface area contributed by atoms with Crippen LogP contribution in [0.3, 0.4) is 0 Å². The van der Waals surface area contributed by atoms with E-state index in [0.29, 0.717) is 11.5 Å². The monoisotopic (exact) mass is 271 g/mol. The summed E-state index contributed by atoms with van der Waals surface area (Å²) in [6, 6.07) is 7.28. The molecule has 4 nitrogen and oxygen atoms in total. The lowest BCUT2D eigenvalue weighted by atomic mass is 10.1. The molecule has 1 aromatic carbocycles. The predicted molar refractivity (Wildman–Crippen MR) is 72.6 cm³/mol. The van der Waals surface area contributed by atoms with Crippen LogP contribution < -0.4 is 5.32 Å². The number of hydrogen-bond acceptors (Lipinski definition) is 4. The summed E-state index contributed by atoms with van der Waals surface area (Å²) in [7, 11) is -1.43. The standard InChI is InChI=1S/C13H21NO3S/c1-4-14-12(10-17-2)9-11-5-7-13(8-6-11)18(3,15)16/h5-8,12,14H,4,9-10H2,1-3H3. The molecule has 0 saturated heterocycles. The third-order valence-electron chi connectivity index (χ3n) is 2.69. The normalized spacial score (nSPS) is 13.5. The Hall–Kier alpha value is -0.910. The Balaban J connectivity index is 2.73. The summed E-state index contributed by atoms with van der Waals surface area (Å²) in [5.74, 6) is 0. The molecule has 0 spiro atoms. The number of benzene rings is 1. The SMILES string of the molecule is CCNC(COC)Cc1ccc(S(C)(=O)=O)cc1. The smallest absolute Gasteiger partial charge is 0.175 e. The zero-order chi connectivity index (χ0) is 13.6. The molecule has 5 heteroatoms. The van der Waals surface area contributed by atoms with Gasteiger partial charge in [0.1, 0.15) is 0 Å². The molecule has 1 N–H and O–H groups in total. The molecule has 0 bridgehead atoms. The van der Waals surface area contributed by atoms with Crippen LogP contribution in [0.15, 0.2) is 29.2 Å². The summed E-state index contributed by atoms with van der Waals surface area (Å²) in [5.41, 5.74) is 1.10. The summed E-state index contributed by atoms with van der Waals surface area (Å²) in [6.45, 7) is 3.58. The van der Waals surface area contributed by atoms with Gasteiger partial charge in [0, 0.05) is 19.4 Å². The second-order valence-electron chi connectivity index (χ2n) is 4.33. The fourth-order valence-electron chi connectivity index (χ4n) is 1.84. The Morgan fingerprint density at radius 1 is 1.28 bits per heavy atom. The van der Waals surface area contributed by atoms with Crippen LogP contribution in [0.1, 0.15) is 12.5 Å². The predicted octanol–water partition coefficient (Wildman–Crippen LogP) is 1.26. The average molecular weight is 271 g/mol. The van der Waals surface area contributed by atoms with Gasteiger partial charge in [-0.2, -0.15) is 0 Å². The molecule has 0 radical (unpaired) electrons. The van der Waals surface area contributed by atoms with E-state index in [9.17, 15) is 8.42 Å². The summed E-state index contributed by atoms with van der Waals surface area (Å²) in [5, 5.41) is 3.33. The van der Waals surface area contributed by atoms with E-state index in [-0.39, 0.29) is 6.04 Å². The molecular formula is C13H21NO3S. The highest BCUT2D eigenvalue weighted by Crippen LogP contribution is 2.11. The number of methoxy groups -OCH3 is 1. The number of likely N-dealkylation sites (N-methyl/N-ethyl adjacent to an activating group) is 1. The molecule has 0 saturated carbocycles. The van der Waals surface area contributed by atoms with Crippen LogP contribution in [-0.2, 0) is 21.0 Å². The van der Waals surface area contributed by atoms with Gasteiger partial charge in [-0.1, -0.05) is 19.1 Å². The van der Waals surface area contributed by atoms with Crippen molar-refractivity contribution in [2.75, 3.05) is 26.5 Å². The molecule has 0 aliphatic heterocycles. The van der Waals surface area contributed by atoms with Gasteiger partial charge in [-0.25, -0.2) is 8.42 Å². The number of hydrogen-bond donors (Lipinski definition) is 1. The summed E-state index contributed by atoms with van der Waals surface area (Å²) in [6.07, 6.45) is 2.04. The number of ether oxygens (including phenoxy) is 1. The zero-order valence-electron chi connectivity index (χ0n) is 11.1. The maximum atomic E-state index is 11.3. The van der Waals surface area contributed by atoms with Crippen molar-refractivity contribution in [1.29, 1.82) is 0 Å². The van der Waals surface area contributed by atoms with Crippen molar-refractivity contribution in [1.82, 2.24) is 5.32 Å². The molecular weight excluding hydrogens is 250 g/mol. The van der Waals surface area contributed by atoms with Gasteiger partial charge in [0.05, 0.1) is 11.5 Å². The van der Waals surface area contributed by atoms with Crippen LogP contribution in [0.2, 0.25) is 0 Å². The Kier molecular flexibility index (Phi) is 5.78. The van der Waals surface area contributed by atoms with E-state index in [1.165, 1.54) is 6.26 Å². The molecule has 1 aromatic rings. The molecule has 0 aliphatic carbocycles. The topological polar surface area (TPSA) is 55.4 Å². The van der Waals surface area contributed by atoms with Crippen molar-refractivity contribution >= 4 is 9.84 Å². The van der Waals surface area contributed by atoms with Crippen molar-refractivity contribution in [3.05, 3.63) is 29.8 Å². The molecule has 1 unspecified atom stereocenters. The van der Waals surface area contributed by atoms with Crippen molar-refractivity contribution in [2.24, 2.45) is 0 Å². The van der Waals surface area contributed by atoms with Crippen LogP contribution in [0, 0.1) is 0 Å². The van der Waals surface area contributed by atoms with Gasteiger partial charge in [0.15, 0.2) is 9.84 Å². The maximum Gasteiger partial charge on any atom is 0.175 e. The van der Waals surface area contributed by atoms with Gasteiger partial charge in [-0.05, 0) is 30.7 Å². The minimum atomic E-state index is -3.11. The van der Waals surface area contributed by atoms with Crippen molar-refractivity contribution in [2.45, 2.75) is 24.3 Å². The van der Waals surface area contributed by atoms with Gasteiger partial charge < -0.3 is 10.1 Å². The Labute approximate surface area is 109 Å². The van der Waals surface area contributed by atoms with Crippen LogP contribution >= 0.6 is 0 Å². The van der Waals surface area contributed by atoms with Crippen molar-refractivity contribution in [3.8, 4) is 0 Å². The highest BCUT2D eigenvalue weighted by molar-refractivity contribution is 7.90. The van der Waals surface area contributed by atoms with E-state index in [1.54, 1.807) is 19.2 Å². The molecule has 0 fully saturated rings. The van der Waals surface area contributed by atoms with E-state index >= 15 is 0 Å². The first-order chi connectivity index (χ1) is 8.47. The largest absolute Gasteiger partial charge is 0.383 e. The molecule has 1 rings (SSSR count). The highest BCUT2D eigenvalue weighted by atomic mass is 32.2. The van der Waals surface area contributed by atoms with Crippen LogP contribution in [-0.4, -0.2) is 41.0 Å². The van der Waals surface area contributed by atoms with Gasteiger partial charge in [-0.3, -0.25) is 0 Å². The average Bonchev–Trinajstić information content (AvgIpc) is 2.29. The van der Waals surface area contributed by atoms with E-state index in [4.69, 9.17) is 4.74 Å². The minimum Gasteiger partial charge on any atom is -0.383 e. The lowest BCUT2D eigenvalue weighted by molar-refractivity contribution is 0.167. The quantitative estimate of drug-likeness (QED) is 0.811. The van der Waals surface area contributed by atoms with Gasteiger partial charge >= 0.3 is 0 Å². The van der Waals surface area contributed by atoms with Gasteiger partial charge in [-0.15, -0.1) is 0 Å². The molecule has 0 aliphatic rings. The Morgan fingerprint density at radius 3 is 2.33 bits per heavy atom. The molecule has 18 heavy (non-hydrogen) atoms.